The van der Waals surface area contributed by atoms with Crippen LogP contribution in [0.1, 0.15) is 34.4 Å². The molecule has 110 valence electrons. The Morgan fingerprint density at radius 3 is 2.86 bits per heavy atom. The number of hydrogen-bond acceptors (Lipinski definition) is 3. The minimum atomic E-state index is -0.121. The third-order valence-electron chi connectivity index (χ3n) is 4.07. The van der Waals surface area contributed by atoms with E-state index in [0.717, 1.165) is 22.6 Å². The van der Waals surface area contributed by atoms with Gasteiger partial charge in [-0.15, -0.1) is 0 Å². The van der Waals surface area contributed by atoms with E-state index in [1.807, 2.05) is 31.2 Å². The average molecular weight is 303 g/mol. The summed E-state index contributed by atoms with van der Waals surface area (Å²) in [5.41, 5.74) is 7.51. The van der Waals surface area contributed by atoms with Gasteiger partial charge in [-0.25, -0.2) is 5.43 Å². The lowest BCUT2D eigenvalue weighted by molar-refractivity contribution is 0.0147. The van der Waals surface area contributed by atoms with E-state index in [9.17, 15) is 0 Å². The monoisotopic (exact) mass is 302 g/mol. The van der Waals surface area contributed by atoms with Gasteiger partial charge in [-0.3, -0.25) is 5.84 Å². The predicted octanol–water partition coefficient (Wildman–Crippen LogP) is 3.47. The van der Waals surface area contributed by atoms with Crippen LogP contribution in [0.25, 0.3) is 0 Å². The topological polar surface area (TPSA) is 47.3 Å². The van der Waals surface area contributed by atoms with Crippen molar-refractivity contribution in [3.8, 4) is 0 Å². The molecule has 1 aliphatic rings. The molecule has 2 atom stereocenters. The summed E-state index contributed by atoms with van der Waals surface area (Å²) in [4.78, 5) is 0. The fourth-order valence-corrected chi connectivity index (χ4v) is 3.05. The minimum absolute atomic E-state index is 0.0984. The van der Waals surface area contributed by atoms with Gasteiger partial charge in [0.1, 0.15) is 6.10 Å². The molecule has 0 fully saturated rings. The Kier molecular flexibility index (Phi) is 4.27. The van der Waals surface area contributed by atoms with Gasteiger partial charge in [-0.2, -0.15) is 0 Å². The number of hydrazine groups is 1. The molecule has 0 saturated carbocycles. The third kappa shape index (κ3) is 2.83. The van der Waals surface area contributed by atoms with E-state index in [4.69, 9.17) is 22.2 Å². The van der Waals surface area contributed by atoms with Crippen molar-refractivity contribution in [2.24, 2.45) is 5.84 Å². The van der Waals surface area contributed by atoms with Crippen LogP contribution in [0.5, 0.6) is 0 Å². The molecule has 3 rings (SSSR count). The molecule has 1 aliphatic heterocycles. The van der Waals surface area contributed by atoms with Crippen molar-refractivity contribution in [2.75, 3.05) is 6.61 Å². The van der Waals surface area contributed by atoms with Crippen LogP contribution in [0, 0.1) is 6.92 Å². The van der Waals surface area contributed by atoms with Crippen molar-refractivity contribution >= 4 is 11.6 Å². The molecule has 0 spiro atoms. The number of benzene rings is 2. The number of ether oxygens (including phenoxy) is 1. The number of aryl methyl sites for hydroxylation is 1. The molecule has 21 heavy (non-hydrogen) atoms. The summed E-state index contributed by atoms with van der Waals surface area (Å²) in [6.07, 6.45) is 0.845. The zero-order valence-electron chi connectivity index (χ0n) is 12.0. The molecule has 2 unspecified atom stereocenters. The predicted molar refractivity (Wildman–Crippen MR) is 85.1 cm³/mol. The minimum Gasteiger partial charge on any atom is -0.371 e. The molecule has 3 N–H and O–H groups in total. The van der Waals surface area contributed by atoms with E-state index in [1.165, 1.54) is 11.1 Å². The number of halogens is 1. The van der Waals surface area contributed by atoms with E-state index < -0.39 is 0 Å². The quantitative estimate of drug-likeness (QED) is 0.674. The van der Waals surface area contributed by atoms with Gasteiger partial charge in [-0.1, -0.05) is 48.0 Å². The molecule has 0 amide bonds. The highest BCUT2D eigenvalue weighted by molar-refractivity contribution is 6.31. The summed E-state index contributed by atoms with van der Waals surface area (Å²) in [7, 11) is 0. The standard InChI is InChI=1S/C17H19ClN2O/c1-11-6-7-13(10-15(11)18)16(20-19)17-14-5-3-2-4-12(14)8-9-21-17/h2-7,10,16-17,20H,8-9,19H2,1H3. The van der Waals surface area contributed by atoms with Crippen LogP contribution in [-0.4, -0.2) is 6.61 Å². The Balaban J connectivity index is 1.99. The van der Waals surface area contributed by atoms with Crippen molar-refractivity contribution in [3.05, 3.63) is 69.7 Å². The second-order valence-electron chi connectivity index (χ2n) is 5.39. The molecule has 2 aromatic carbocycles. The summed E-state index contributed by atoms with van der Waals surface area (Å²) in [5.74, 6) is 5.81. The van der Waals surface area contributed by atoms with Gasteiger partial charge in [0, 0.05) is 5.02 Å². The average Bonchev–Trinajstić information content (AvgIpc) is 2.52. The molecule has 0 bridgehead atoms. The fourth-order valence-electron chi connectivity index (χ4n) is 2.86. The summed E-state index contributed by atoms with van der Waals surface area (Å²) in [6.45, 7) is 2.70. The number of hydrogen-bond donors (Lipinski definition) is 2. The first-order chi connectivity index (χ1) is 10.2. The molecule has 0 radical (unpaired) electrons. The summed E-state index contributed by atoms with van der Waals surface area (Å²) < 4.78 is 6.00. The van der Waals surface area contributed by atoms with E-state index >= 15 is 0 Å². The SMILES string of the molecule is Cc1ccc(C(NN)C2OCCc3ccccc32)cc1Cl. The largest absolute Gasteiger partial charge is 0.371 e. The van der Waals surface area contributed by atoms with Crippen molar-refractivity contribution in [3.63, 3.8) is 0 Å². The van der Waals surface area contributed by atoms with Crippen molar-refractivity contribution < 1.29 is 4.74 Å². The maximum atomic E-state index is 6.24. The van der Waals surface area contributed by atoms with E-state index in [-0.39, 0.29) is 12.1 Å². The first-order valence-corrected chi connectivity index (χ1v) is 7.50. The smallest absolute Gasteiger partial charge is 0.103 e. The van der Waals surface area contributed by atoms with Gasteiger partial charge in [0.15, 0.2) is 0 Å². The molecular weight excluding hydrogens is 284 g/mol. The Hall–Kier alpha value is -1.39. The normalized spacial score (nSPS) is 19.1. The highest BCUT2D eigenvalue weighted by atomic mass is 35.5. The van der Waals surface area contributed by atoms with Crippen molar-refractivity contribution in [1.82, 2.24) is 5.43 Å². The van der Waals surface area contributed by atoms with Crippen LogP contribution in [0.3, 0.4) is 0 Å². The van der Waals surface area contributed by atoms with Crippen LogP contribution < -0.4 is 11.3 Å². The lowest BCUT2D eigenvalue weighted by Gasteiger charge is -2.32. The number of nitrogens with two attached hydrogens (primary N) is 1. The van der Waals surface area contributed by atoms with Crippen molar-refractivity contribution in [2.45, 2.75) is 25.5 Å². The fraction of sp³-hybridized carbons (Fsp3) is 0.294. The van der Waals surface area contributed by atoms with Gasteiger partial charge >= 0.3 is 0 Å². The molecule has 0 aliphatic carbocycles. The molecule has 0 saturated heterocycles. The van der Waals surface area contributed by atoms with Crippen LogP contribution >= 0.6 is 11.6 Å². The molecule has 4 heteroatoms. The number of fused-ring (bicyclic) bond motifs is 1. The first kappa shape index (κ1) is 14.5. The molecule has 1 heterocycles. The van der Waals surface area contributed by atoms with E-state index in [2.05, 4.69) is 23.6 Å². The van der Waals surface area contributed by atoms with Gasteiger partial charge in [0.2, 0.25) is 0 Å². The summed E-state index contributed by atoms with van der Waals surface area (Å²) in [5, 5.41) is 0.747. The molecule has 0 aromatic heterocycles. The second-order valence-corrected chi connectivity index (χ2v) is 5.80. The molecule has 3 nitrogen and oxygen atoms in total. The Labute approximate surface area is 130 Å². The van der Waals surface area contributed by atoms with Crippen molar-refractivity contribution in [1.29, 1.82) is 0 Å². The third-order valence-corrected chi connectivity index (χ3v) is 4.47. The number of rotatable bonds is 3. The lowest BCUT2D eigenvalue weighted by atomic mass is 9.90. The highest BCUT2D eigenvalue weighted by Crippen LogP contribution is 2.37. The molecular formula is C17H19ClN2O. The Morgan fingerprint density at radius 2 is 2.10 bits per heavy atom. The maximum Gasteiger partial charge on any atom is 0.103 e. The zero-order chi connectivity index (χ0) is 14.8. The first-order valence-electron chi connectivity index (χ1n) is 7.12. The Bertz CT molecular complexity index is 644. The molecule has 2 aromatic rings. The van der Waals surface area contributed by atoms with E-state index in [1.54, 1.807) is 0 Å². The number of nitrogens with one attached hydrogen (secondary N) is 1. The van der Waals surface area contributed by atoms with Gasteiger partial charge < -0.3 is 4.74 Å². The second kappa shape index (κ2) is 6.16. The van der Waals surface area contributed by atoms with Crippen LogP contribution in [0.4, 0.5) is 0 Å². The summed E-state index contributed by atoms with van der Waals surface area (Å²) in [6, 6.07) is 14.3. The van der Waals surface area contributed by atoms with Crippen LogP contribution in [0.15, 0.2) is 42.5 Å². The van der Waals surface area contributed by atoms with Crippen LogP contribution in [0.2, 0.25) is 5.02 Å². The zero-order valence-corrected chi connectivity index (χ0v) is 12.7. The van der Waals surface area contributed by atoms with Crippen LogP contribution in [-0.2, 0) is 11.2 Å². The van der Waals surface area contributed by atoms with Gasteiger partial charge in [-0.05, 0) is 41.7 Å². The maximum absolute atomic E-state index is 6.24. The van der Waals surface area contributed by atoms with E-state index in [0.29, 0.717) is 6.61 Å². The highest BCUT2D eigenvalue weighted by Gasteiger charge is 2.29. The lowest BCUT2D eigenvalue weighted by Crippen LogP contribution is -2.35. The summed E-state index contributed by atoms with van der Waals surface area (Å²) >= 11 is 6.24. The van der Waals surface area contributed by atoms with Gasteiger partial charge in [0.25, 0.3) is 0 Å². The van der Waals surface area contributed by atoms with Gasteiger partial charge in [0.05, 0.1) is 12.6 Å². The Morgan fingerprint density at radius 1 is 1.29 bits per heavy atom.